The normalized spacial score (nSPS) is 30.6. The molecule has 0 spiro atoms. The summed E-state index contributed by atoms with van der Waals surface area (Å²) in [5.41, 5.74) is 0.378. The van der Waals surface area contributed by atoms with Gasteiger partial charge < -0.3 is 5.32 Å². The third kappa shape index (κ3) is 4.38. The van der Waals surface area contributed by atoms with Crippen molar-refractivity contribution in [1.29, 1.82) is 0 Å². The van der Waals surface area contributed by atoms with Gasteiger partial charge in [-0.2, -0.15) is 11.8 Å². The summed E-state index contributed by atoms with van der Waals surface area (Å²) in [7, 11) is 0. The van der Waals surface area contributed by atoms with Crippen molar-refractivity contribution < 1.29 is 0 Å². The molecule has 2 aliphatic rings. The van der Waals surface area contributed by atoms with Crippen molar-refractivity contribution >= 4 is 11.8 Å². The predicted octanol–water partition coefficient (Wildman–Crippen LogP) is 3.62. The maximum atomic E-state index is 3.90. The molecular weight excluding hydrogens is 264 g/mol. The van der Waals surface area contributed by atoms with Crippen LogP contribution in [-0.2, 0) is 0 Å². The van der Waals surface area contributed by atoms with Crippen LogP contribution in [-0.4, -0.2) is 48.6 Å². The molecule has 1 aliphatic carbocycles. The zero-order chi connectivity index (χ0) is 14.6. The first kappa shape index (κ1) is 16.6. The molecule has 118 valence electrons. The van der Waals surface area contributed by atoms with Crippen LogP contribution in [0.3, 0.4) is 0 Å². The third-order valence-electron chi connectivity index (χ3n) is 5.25. The van der Waals surface area contributed by atoms with E-state index in [4.69, 9.17) is 0 Å². The van der Waals surface area contributed by atoms with E-state index >= 15 is 0 Å². The minimum absolute atomic E-state index is 0.378. The van der Waals surface area contributed by atoms with Crippen molar-refractivity contribution in [3.05, 3.63) is 0 Å². The first-order valence-electron chi connectivity index (χ1n) is 8.48. The summed E-state index contributed by atoms with van der Waals surface area (Å²) in [4.78, 5) is 2.78. The van der Waals surface area contributed by atoms with Crippen LogP contribution < -0.4 is 5.32 Å². The Kier molecular flexibility index (Phi) is 6.25. The number of nitrogens with zero attached hydrogens (tertiary/aromatic N) is 1. The molecule has 2 nitrogen and oxygen atoms in total. The summed E-state index contributed by atoms with van der Waals surface area (Å²) in [6.07, 6.45) is 9.51. The second-order valence-electron chi connectivity index (χ2n) is 7.78. The topological polar surface area (TPSA) is 15.3 Å². The summed E-state index contributed by atoms with van der Waals surface area (Å²) in [5, 5.41) is 3.90. The van der Waals surface area contributed by atoms with Gasteiger partial charge in [0.15, 0.2) is 0 Å². The highest BCUT2D eigenvalue weighted by molar-refractivity contribution is 7.98. The van der Waals surface area contributed by atoms with Crippen LogP contribution in [0, 0.1) is 11.3 Å². The lowest BCUT2D eigenvalue weighted by molar-refractivity contribution is 0.0425. The van der Waals surface area contributed by atoms with E-state index in [2.05, 4.69) is 37.2 Å². The molecule has 0 aromatic carbocycles. The average Bonchev–Trinajstić information content (AvgIpc) is 2.44. The van der Waals surface area contributed by atoms with E-state index in [1.165, 1.54) is 57.5 Å². The summed E-state index contributed by atoms with van der Waals surface area (Å²) in [5.74, 6) is 2.20. The van der Waals surface area contributed by atoms with Crippen LogP contribution in [0.15, 0.2) is 0 Å². The van der Waals surface area contributed by atoms with Crippen LogP contribution in [0.4, 0.5) is 0 Å². The average molecular weight is 299 g/mol. The Morgan fingerprint density at radius 3 is 2.45 bits per heavy atom. The maximum Gasteiger partial charge on any atom is 0.0270 e. The molecule has 0 aromatic heterocycles. The van der Waals surface area contributed by atoms with E-state index in [9.17, 15) is 0 Å². The van der Waals surface area contributed by atoms with Crippen molar-refractivity contribution in [3.8, 4) is 0 Å². The van der Waals surface area contributed by atoms with Gasteiger partial charge in [-0.05, 0) is 30.4 Å². The molecule has 2 unspecified atom stereocenters. The zero-order valence-corrected chi connectivity index (χ0v) is 14.8. The Labute approximate surface area is 130 Å². The van der Waals surface area contributed by atoms with Gasteiger partial charge in [-0.25, -0.2) is 0 Å². The highest BCUT2D eigenvalue weighted by atomic mass is 32.2. The standard InChI is InChI=1S/C17H34N2S/c1-17(2,3)16-12-18-15(13-19(16)10-11-20-4)14-8-6-5-7-9-14/h14-16,18H,5-13H2,1-4H3. The first-order valence-corrected chi connectivity index (χ1v) is 9.88. The fourth-order valence-corrected chi connectivity index (χ4v) is 4.42. The number of hydrogen-bond acceptors (Lipinski definition) is 3. The highest BCUT2D eigenvalue weighted by Gasteiger charge is 2.37. The van der Waals surface area contributed by atoms with E-state index < -0.39 is 0 Å². The molecule has 0 radical (unpaired) electrons. The smallest absolute Gasteiger partial charge is 0.0270 e. The van der Waals surface area contributed by atoms with Crippen molar-refractivity contribution in [1.82, 2.24) is 10.2 Å². The molecule has 1 saturated carbocycles. The van der Waals surface area contributed by atoms with Crippen LogP contribution in [0.1, 0.15) is 52.9 Å². The second-order valence-corrected chi connectivity index (χ2v) is 8.77. The van der Waals surface area contributed by atoms with Crippen molar-refractivity contribution in [2.75, 3.05) is 31.6 Å². The molecule has 0 aromatic rings. The molecule has 3 heteroatoms. The van der Waals surface area contributed by atoms with Crippen LogP contribution in [0.25, 0.3) is 0 Å². The van der Waals surface area contributed by atoms with Crippen LogP contribution in [0.2, 0.25) is 0 Å². The molecule has 20 heavy (non-hydrogen) atoms. The van der Waals surface area contributed by atoms with Gasteiger partial charge >= 0.3 is 0 Å². The van der Waals surface area contributed by atoms with Gasteiger partial charge in [-0.1, -0.05) is 40.0 Å². The van der Waals surface area contributed by atoms with Gasteiger partial charge in [0.05, 0.1) is 0 Å². The largest absolute Gasteiger partial charge is 0.311 e. The van der Waals surface area contributed by atoms with Gasteiger partial charge in [-0.3, -0.25) is 4.90 Å². The highest BCUT2D eigenvalue weighted by Crippen LogP contribution is 2.32. The van der Waals surface area contributed by atoms with Crippen molar-refractivity contribution in [3.63, 3.8) is 0 Å². The minimum Gasteiger partial charge on any atom is -0.311 e. The van der Waals surface area contributed by atoms with E-state index in [-0.39, 0.29) is 0 Å². The summed E-state index contributed by atoms with van der Waals surface area (Å²) >= 11 is 1.98. The SMILES string of the molecule is CSCCN1CC(C2CCCCC2)NCC1C(C)(C)C. The Morgan fingerprint density at radius 2 is 1.85 bits per heavy atom. The molecule has 0 bridgehead atoms. The van der Waals surface area contributed by atoms with Crippen molar-refractivity contribution in [2.24, 2.45) is 11.3 Å². The monoisotopic (exact) mass is 298 g/mol. The molecule has 2 rings (SSSR count). The third-order valence-corrected chi connectivity index (χ3v) is 5.84. The lowest BCUT2D eigenvalue weighted by atomic mass is 9.79. The fourth-order valence-electron chi connectivity index (χ4n) is 4.00. The summed E-state index contributed by atoms with van der Waals surface area (Å²) in [6, 6.07) is 1.44. The van der Waals surface area contributed by atoms with Gasteiger partial charge in [0.2, 0.25) is 0 Å². The number of rotatable bonds is 4. The Bertz CT molecular complexity index is 281. The van der Waals surface area contributed by atoms with Gasteiger partial charge in [0.1, 0.15) is 0 Å². The summed E-state index contributed by atoms with van der Waals surface area (Å²) in [6.45, 7) is 10.9. The summed E-state index contributed by atoms with van der Waals surface area (Å²) < 4.78 is 0. The molecule has 0 amide bonds. The molecule has 1 N–H and O–H groups in total. The van der Waals surface area contributed by atoms with Crippen molar-refractivity contribution in [2.45, 2.75) is 65.0 Å². The number of piperazine rings is 1. The van der Waals surface area contributed by atoms with Crippen LogP contribution >= 0.6 is 11.8 Å². The first-order chi connectivity index (χ1) is 9.52. The van der Waals surface area contributed by atoms with Gasteiger partial charge in [-0.15, -0.1) is 0 Å². The van der Waals surface area contributed by atoms with E-state index in [0.29, 0.717) is 11.5 Å². The molecule has 1 saturated heterocycles. The Morgan fingerprint density at radius 1 is 1.15 bits per heavy atom. The Balaban J connectivity index is 1.96. The van der Waals surface area contributed by atoms with E-state index in [0.717, 1.165) is 12.0 Å². The minimum atomic E-state index is 0.378. The van der Waals surface area contributed by atoms with Gasteiger partial charge in [0, 0.05) is 37.5 Å². The van der Waals surface area contributed by atoms with E-state index in [1.54, 1.807) is 0 Å². The predicted molar refractivity (Wildman–Crippen MR) is 91.6 cm³/mol. The molecule has 1 heterocycles. The lowest BCUT2D eigenvalue weighted by Gasteiger charge is -2.48. The lowest BCUT2D eigenvalue weighted by Crippen LogP contribution is -2.62. The second kappa shape index (κ2) is 7.51. The molecule has 1 aliphatic heterocycles. The Hall–Kier alpha value is 0.270. The maximum absolute atomic E-state index is 3.90. The number of nitrogens with one attached hydrogen (secondary N) is 1. The molecule has 2 atom stereocenters. The number of hydrogen-bond donors (Lipinski definition) is 1. The molecule has 2 fully saturated rings. The zero-order valence-electron chi connectivity index (χ0n) is 14.0. The fraction of sp³-hybridized carbons (Fsp3) is 1.00. The van der Waals surface area contributed by atoms with Gasteiger partial charge in [0.25, 0.3) is 0 Å². The quantitative estimate of drug-likeness (QED) is 0.853. The molecular formula is C17H34N2S. The number of thioether (sulfide) groups is 1. The van der Waals surface area contributed by atoms with E-state index in [1.807, 2.05) is 11.8 Å². The van der Waals surface area contributed by atoms with Crippen LogP contribution in [0.5, 0.6) is 0 Å².